The molecule has 0 aliphatic heterocycles. The summed E-state index contributed by atoms with van der Waals surface area (Å²) in [6, 6.07) is 6.49. The van der Waals surface area contributed by atoms with Crippen LogP contribution in [0, 0.1) is 10.1 Å². The number of aliphatic hydroxyl groups excluding tert-OH is 1. The molecule has 7 heteroatoms. The van der Waals surface area contributed by atoms with Crippen LogP contribution in [0.2, 0.25) is 0 Å². The summed E-state index contributed by atoms with van der Waals surface area (Å²) < 4.78 is 0. The van der Waals surface area contributed by atoms with Crippen LogP contribution in [0.1, 0.15) is 32.4 Å². The van der Waals surface area contributed by atoms with E-state index in [9.17, 15) is 15.2 Å². The molecule has 0 aliphatic carbocycles. The zero-order valence-electron chi connectivity index (χ0n) is 13.3. The Bertz CT molecular complexity index is 660. The van der Waals surface area contributed by atoms with Gasteiger partial charge in [-0.05, 0) is 12.8 Å². The molecule has 0 aliphatic rings. The summed E-state index contributed by atoms with van der Waals surface area (Å²) in [5, 5.41) is 26.5. The first-order valence-corrected chi connectivity index (χ1v) is 8.46. The van der Waals surface area contributed by atoms with Gasteiger partial charge in [0, 0.05) is 35.2 Å². The Kier molecular flexibility index (Phi) is 5.81. The molecule has 1 heterocycles. The molecule has 2 rings (SSSR count). The van der Waals surface area contributed by atoms with Crippen molar-refractivity contribution in [1.82, 2.24) is 10.3 Å². The van der Waals surface area contributed by atoms with Crippen LogP contribution in [0.25, 0.3) is 10.6 Å². The van der Waals surface area contributed by atoms with Gasteiger partial charge < -0.3 is 10.4 Å². The number of rotatable bonds is 8. The molecule has 1 aromatic heterocycles. The minimum Gasteiger partial charge on any atom is -0.394 e. The van der Waals surface area contributed by atoms with Gasteiger partial charge in [0.2, 0.25) is 0 Å². The summed E-state index contributed by atoms with van der Waals surface area (Å²) >= 11 is 1.46. The number of hydrogen-bond acceptors (Lipinski definition) is 6. The van der Waals surface area contributed by atoms with E-state index in [1.54, 1.807) is 6.07 Å². The van der Waals surface area contributed by atoms with Crippen LogP contribution < -0.4 is 5.32 Å². The molecule has 0 amide bonds. The average molecular weight is 335 g/mol. The molecule has 6 nitrogen and oxygen atoms in total. The topological polar surface area (TPSA) is 88.3 Å². The van der Waals surface area contributed by atoms with Crippen molar-refractivity contribution in [2.24, 2.45) is 0 Å². The fraction of sp³-hybridized carbons (Fsp3) is 0.438. The summed E-state index contributed by atoms with van der Waals surface area (Å²) in [5.41, 5.74) is 1.40. The third-order valence-corrected chi connectivity index (χ3v) is 5.10. The van der Waals surface area contributed by atoms with E-state index in [4.69, 9.17) is 0 Å². The van der Waals surface area contributed by atoms with Crippen LogP contribution in [-0.2, 0) is 6.54 Å². The summed E-state index contributed by atoms with van der Waals surface area (Å²) in [7, 11) is 0. The number of aliphatic hydroxyl groups is 1. The highest BCUT2D eigenvalue weighted by atomic mass is 32.1. The van der Waals surface area contributed by atoms with E-state index in [1.807, 2.05) is 25.3 Å². The second-order valence-electron chi connectivity index (χ2n) is 5.45. The van der Waals surface area contributed by atoms with Crippen LogP contribution in [0.5, 0.6) is 0 Å². The molecule has 0 saturated carbocycles. The zero-order chi connectivity index (χ0) is 16.9. The Morgan fingerprint density at radius 1 is 1.39 bits per heavy atom. The molecular weight excluding hydrogens is 314 g/mol. The largest absolute Gasteiger partial charge is 0.394 e. The first-order valence-electron chi connectivity index (χ1n) is 7.58. The number of aromatic nitrogens is 1. The number of thiazole rings is 1. The van der Waals surface area contributed by atoms with E-state index < -0.39 is 4.92 Å². The van der Waals surface area contributed by atoms with Gasteiger partial charge in [-0.25, -0.2) is 4.98 Å². The van der Waals surface area contributed by atoms with Gasteiger partial charge in [0.05, 0.1) is 17.2 Å². The first-order chi connectivity index (χ1) is 11.0. The van der Waals surface area contributed by atoms with Gasteiger partial charge in [0.25, 0.3) is 5.69 Å². The number of nitrogens with one attached hydrogen (secondary N) is 1. The van der Waals surface area contributed by atoms with Gasteiger partial charge in [-0.2, -0.15) is 0 Å². The molecule has 2 aromatic rings. The van der Waals surface area contributed by atoms with E-state index in [0.29, 0.717) is 6.54 Å². The Hall–Kier alpha value is -1.83. The van der Waals surface area contributed by atoms with Crippen LogP contribution >= 0.6 is 11.3 Å². The van der Waals surface area contributed by atoms with E-state index in [0.717, 1.165) is 29.1 Å². The average Bonchev–Trinajstić information content (AvgIpc) is 3.06. The second kappa shape index (κ2) is 7.63. The highest BCUT2D eigenvalue weighted by Gasteiger charge is 2.24. The fourth-order valence-electron chi connectivity index (χ4n) is 2.33. The number of benzene rings is 1. The Balaban J connectivity index is 2.12. The Morgan fingerprint density at radius 3 is 2.74 bits per heavy atom. The molecule has 0 radical (unpaired) electrons. The monoisotopic (exact) mass is 335 g/mol. The lowest BCUT2D eigenvalue weighted by molar-refractivity contribution is -0.384. The maximum absolute atomic E-state index is 10.9. The standard InChI is InChI=1S/C16H21N3O3S/c1-3-16(4-2,11-20)17-9-13-10-23-15(18-13)12-6-5-7-14(8-12)19(21)22/h5-8,10,17,20H,3-4,9,11H2,1-2H3. The summed E-state index contributed by atoms with van der Waals surface area (Å²) in [5.74, 6) is 0. The smallest absolute Gasteiger partial charge is 0.270 e. The summed E-state index contributed by atoms with van der Waals surface area (Å²) in [6.45, 7) is 4.74. The molecule has 23 heavy (non-hydrogen) atoms. The predicted octanol–water partition coefficient (Wildman–Crippen LogP) is 3.36. The lowest BCUT2D eigenvalue weighted by atomic mass is 9.94. The van der Waals surface area contributed by atoms with Crippen molar-refractivity contribution < 1.29 is 10.0 Å². The molecule has 0 spiro atoms. The van der Waals surface area contributed by atoms with Crippen LogP contribution in [0.15, 0.2) is 29.6 Å². The van der Waals surface area contributed by atoms with Gasteiger partial charge >= 0.3 is 0 Å². The van der Waals surface area contributed by atoms with Crippen LogP contribution in [0.4, 0.5) is 5.69 Å². The third-order valence-electron chi connectivity index (χ3n) is 4.16. The lowest BCUT2D eigenvalue weighted by Crippen LogP contribution is -2.47. The normalized spacial score (nSPS) is 11.6. The van der Waals surface area contributed by atoms with Crippen molar-refractivity contribution in [2.75, 3.05) is 6.61 Å². The van der Waals surface area contributed by atoms with Crippen molar-refractivity contribution >= 4 is 17.0 Å². The van der Waals surface area contributed by atoms with Crippen LogP contribution in [-0.4, -0.2) is 27.2 Å². The molecule has 0 saturated heterocycles. The molecule has 1 aromatic carbocycles. The lowest BCUT2D eigenvalue weighted by Gasteiger charge is -2.30. The minimum absolute atomic E-state index is 0.0636. The zero-order valence-corrected chi connectivity index (χ0v) is 14.1. The minimum atomic E-state index is -0.405. The molecular formula is C16H21N3O3S. The highest BCUT2D eigenvalue weighted by molar-refractivity contribution is 7.13. The van der Waals surface area contributed by atoms with Crippen molar-refractivity contribution in [3.8, 4) is 10.6 Å². The number of nitro groups is 1. The quantitative estimate of drug-likeness (QED) is 0.570. The van der Waals surface area contributed by atoms with Gasteiger partial charge in [0.1, 0.15) is 5.01 Å². The molecule has 0 unspecified atom stereocenters. The van der Waals surface area contributed by atoms with Gasteiger partial charge in [-0.1, -0.05) is 26.0 Å². The summed E-state index contributed by atoms with van der Waals surface area (Å²) in [6.07, 6.45) is 1.67. The van der Waals surface area contributed by atoms with Crippen molar-refractivity contribution in [3.05, 3.63) is 45.5 Å². The highest BCUT2D eigenvalue weighted by Crippen LogP contribution is 2.27. The Labute approximate surface area is 139 Å². The van der Waals surface area contributed by atoms with E-state index >= 15 is 0 Å². The Morgan fingerprint density at radius 2 is 2.13 bits per heavy atom. The third kappa shape index (κ3) is 4.13. The molecule has 124 valence electrons. The van der Waals surface area contributed by atoms with Gasteiger partial charge in [-0.3, -0.25) is 10.1 Å². The number of non-ortho nitro benzene ring substituents is 1. The maximum atomic E-state index is 10.9. The van der Waals surface area contributed by atoms with E-state index in [1.165, 1.54) is 23.5 Å². The van der Waals surface area contributed by atoms with Gasteiger partial charge in [0.15, 0.2) is 0 Å². The van der Waals surface area contributed by atoms with Crippen molar-refractivity contribution in [2.45, 2.75) is 38.8 Å². The first kappa shape index (κ1) is 17.5. The van der Waals surface area contributed by atoms with Gasteiger partial charge in [-0.15, -0.1) is 11.3 Å². The second-order valence-corrected chi connectivity index (χ2v) is 6.31. The molecule has 0 fully saturated rings. The fourth-order valence-corrected chi connectivity index (χ4v) is 3.15. The molecule has 0 bridgehead atoms. The van der Waals surface area contributed by atoms with Crippen LogP contribution in [0.3, 0.4) is 0 Å². The summed E-state index contributed by atoms with van der Waals surface area (Å²) in [4.78, 5) is 15.0. The molecule has 2 N–H and O–H groups in total. The van der Waals surface area contributed by atoms with Crippen molar-refractivity contribution in [1.29, 1.82) is 0 Å². The van der Waals surface area contributed by atoms with E-state index in [-0.39, 0.29) is 17.8 Å². The van der Waals surface area contributed by atoms with Crippen molar-refractivity contribution in [3.63, 3.8) is 0 Å². The van der Waals surface area contributed by atoms with E-state index in [2.05, 4.69) is 10.3 Å². The SMILES string of the molecule is CCC(CC)(CO)NCc1csc(-c2cccc([N+](=O)[O-])c2)n1. The number of nitrogens with zero attached hydrogens (tertiary/aromatic N) is 2. The number of hydrogen-bond donors (Lipinski definition) is 2. The maximum Gasteiger partial charge on any atom is 0.270 e. The molecule has 0 atom stereocenters. The predicted molar refractivity (Wildman–Crippen MR) is 91.4 cm³/mol. The number of nitro benzene ring substituents is 1.